The van der Waals surface area contributed by atoms with Crippen molar-refractivity contribution < 1.29 is 9.47 Å². The maximum Gasteiger partial charge on any atom is 0.213 e. The Morgan fingerprint density at radius 3 is 2.84 bits per heavy atom. The summed E-state index contributed by atoms with van der Waals surface area (Å²) < 4.78 is 11.0. The SMILES string of the molecule is CCOCCCNC(N)=NCc1ccnc(OCc2ccccc2)c1. The third kappa shape index (κ3) is 7.67. The summed E-state index contributed by atoms with van der Waals surface area (Å²) >= 11 is 0. The zero-order valence-electron chi connectivity index (χ0n) is 14.6. The molecule has 0 aliphatic heterocycles. The summed E-state index contributed by atoms with van der Waals surface area (Å²) in [5.41, 5.74) is 7.96. The summed E-state index contributed by atoms with van der Waals surface area (Å²) in [5, 5.41) is 3.07. The first-order valence-electron chi connectivity index (χ1n) is 8.51. The van der Waals surface area contributed by atoms with E-state index in [4.69, 9.17) is 15.2 Å². The monoisotopic (exact) mass is 342 g/mol. The van der Waals surface area contributed by atoms with Crippen molar-refractivity contribution in [3.8, 4) is 5.88 Å². The highest BCUT2D eigenvalue weighted by atomic mass is 16.5. The number of nitrogens with zero attached hydrogens (tertiary/aromatic N) is 2. The number of nitrogens with one attached hydrogen (secondary N) is 1. The fourth-order valence-electron chi connectivity index (χ4n) is 2.13. The van der Waals surface area contributed by atoms with Crippen LogP contribution in [0.2, 0.25) is 0 Å². The minimum atomic E-state index is 0.431. The molecule has 0 aliphatic carbocycles. The fourth-order valence-corrected chi connectivity index (χ4v) is 2.13. The lowest BCUT2D eigenvalue weighted by molar-refractivity contribution is 0.145. The van der Waals surface area contributed by atoms with Crippen LogP contribution in [0.1, 0.15) is 24.5 Å². The van der Waals surface area contributed by atoms with E-state index in [0.717, 1.165) is 37.3 Å². The number of rotatable bonds is 10. The van der Waals surface area contributed by atoms with E-state index in [0.29, 0.717) is 25.0 Å². The summed E-state index contributed by atoms with van der Waals surface area (Å²) in [6.07, 6.45) is 2.62. The van der Waals surface area contributed by atoms with E-state index >= 15 is 0 Å². The number of ether oxygens (including phenoxy) is 2. The molecule has 0 saturated carbocycles. The van der Waals surface area contributed by atoms with Gasteiger partial charge in [0.1, 0.15) is 6.61 Å². The summed E-state index contributed by atoms with van der Waals surface area (Å²) in [4.78, 5) is 8.56. The molecule has 1 aromatic carbocycles. The first-order chi connectivity index (χ1) is 12.3. The van der Waals surface area contributed by atoms with Gasteiger partial charge < -0.3 is 20.5 Å². The van der Waals surface area contributed by atoms with E-state index in [1.54, 1.807) is 6.20 Å². The molecule has 6 heteroatoms. The highest BCUT2D eigenvalue weighted by Crippen LogP contribution is 2.12. The van der Waals surface area contributed by atoms with Gasteiger partial charge in [-0.25, -0.2) is 9.98 Å². The average molecular weight is 342 g/mol. The Balaban J connectivity index is 1.77. The van der Waals surface area contributed by atoms with Crippen molar-refractivity contribution in [3.63, 3.8) is 0 Å². The van der Waals surface area contributed by atoms with Gasteiger partial charge in [-0.3, -0.25) is 0 Å². The van der Waals surface area contributed by atoms with Gasteiger partial charge in [-0.05, 0) is 30.5 Å². The van der Waals surface area contributed by atoms with Crippen LogP contribution in [0.5, 0.6) is 5.88 Å². The van der Waals surface area contributed by atoms with Crippen LogP contribution in [0.4, 0.5) is 0 Å². The van der Waals surface area contributed by atoms with Gasteiger partial charge >= 0.3 is 0 Å². The number of hydrogen-bond donors (Lipinski definition) is 2. The molecule has 0 bridgehead atoms. The Morgan fingerprint density at radius 2 is 2.04 bits per heavy atom. The van der Waals surface area contributed by atoms with Crippen molar-refractivity contribution in [2.75, 3.05) is 19.8 Å². The highest BCUT2D eigenvalue weighted by Gasteiger charge is 2.00. The third-order valence-corrected chi connectivity index (χ3v) is 3.44. The molecule has 134 valence electrons. The zero-order valence-corrected chi connectivity index (χ0v) is 14.6. The summed E-state index contributed by atoms with van der Waals surface area (Å²) in [6, 6.07) is 13.8. The smallest absolute Gasteiger partial charge is 0.213 e. The Kier molecular flexibility index (Phi) is 8.27. The quantitative estimate of drug-likeness (QED) is 0.394. The molecule has 25 heavy (non-hydrogen) atoms. The molecule has 0 atom stereocenters. The molecule has 0 aliphatic rings. The van der Waals surface area contributed by atoms with Gasteiger partial charge in [0.15, 0.2) is 5.96 Å². The summed E-state index contributed by atoms with van der Waals surface area (Å²) in [7, 11) is 0. The Morgan fingerprint density at radius 1 is 1.20 bits per heavy atom. The molecule has 3 N–H and O–H groups in total. The number of nitrogens with two attached hydrogens (primary N) is 1. The summed E-state index contributed by atoms with van der Waals surface area (Å²) in [5.74, 6) is 1.01. The summed E-state index contributed by atoms with van der Waals surface area (Å²) in [6.45, 7) is 5.16. The Hall–Kier alpha value is -2.60. The normalized spacial score (nSPS) is 11.3. The standard InChI is InChI=1S/C19H26N4O2/c1-2-24-12-6-10-22-19(20)23-14-17-9-11-21-18(13-17)25-15-16-7-4-3-5-8-16/h3-5,7-9,11,13H,2,6,10,12,14-15H2,1H3,(H3,20,22,23). The van der Waals surface area contributed by atoms with Crippen LogP contribution in [-0.2, 0) is 17.9 Å². The number of aliphatic imine (C=N–C) groups is 1. The Bertz CT molecular complexity index is 647. The van der Waals surface area contributed by atoms with Crippen LogP contribution < -0.4 is 15.8 Å². The van der Waals surface area contributed by atoms with Gasteiger partial charge in [-0.2, -0.15) is 0 Å². The first-order valence-corrected chi connectivity index (χ1v) is 8.51. The molecule has 6 nitrogen and oxygen atoms in total. The van der Waals surface area contributed by atoms with Crippen molar-refractivity contribution in [2.45, 2.75) is 26.5 Å². The molecule has 1 aromatic heterocycles. The minimum Gasteiger partial charge on any atom is -0.473 e. The topological polar surface area (TPSA) is 81.8 Å². The van der Waals surface area contributed by atoms with Crippen molar-refractivity contribution >= 4 is 5.96 Å². The highest BCUT2D eigenvalue weighted by molar-refractivity contribution is 5.77. The van der Waals surface area contributed by atoms with Crippen LogP contribution in [0.25, 0.3) is 0 Å². The van der Waals surface area contributed by atoms with E-state index in [2.05, 4.69) is 15.3 Å². The number of hydrogen-bond acceptors (Lipinski definition) is 4. The molecule has 0 fully saturated rings. The predicted octanol–water partition coefficient (Wildman–Crippen LogP) is 2.49. The first kappa shape index (κ1) is 18.7. The molecule has 1 heterocycles. The van der Waals surface area contributed by atoms with Gasteiger partial charge in [-0.1, -0.05) is 30.3 Å². The molecule has 0 unspecified atom stereocenters. The molecule has 2 aromatic rings. The van der Waals surface area contributed by atoms with Crippen LogP contribution >= 0.6 is 0 Å². The van der Waals surface area contributed by atoms with Gasteiger partial charge in [0.05, 0.1) is 6.54 Å². The lowest BCUT2D eigenvalue weighted by atomic mass is 10.2. The third-order valence-electron chi connectivity index (χ3n) is 3.44. The number of aromatic nitrogens is 1. The molecule has 0 saturated heterocycles. The largest absolute Gasteiger partial charge is 0.473 e. The van der Waals surface area contributed by atoms with Crippen LogP contribution in [0, 0.1) is 0 Å². The maximum atomic E-state index is 5.86. The number of pyridine rings is 1. The van der Waals surface area contributed by atoms with Gasteiger partial charge in [0.25, 0.3) is 0 Å². The van der Waals surface area contributed by atoms with Crippen molar-refractivity contribution in [1.29, 1.82) is 0 Å². The van der Waals surface area contributed by atoms with Crippen molar-refractivity contribution in [2.24, 2.45) is 10.7 Å². The van der Waals surface area contributed by atoms with Crippen LogP contribution in [0.3, 0.4) is 0 Å². The number of benzene rings is 1. The zero-order chi connectivity index (χ0) is 17.7. The minimum absolute atomic E-state index is 0.431. The van der Waals surface area contributed by atoms with Crippen molar-refractivity contribution in [1.82, 2.24) is 10.3 Å². The van der Waals surface area contributed by atoms with Gasteiger partial charge in [-0.15, -0.1) is 0 Å². The molecular weight excluding hydrogens is 316 g/mol. The van der Waals surface area contributed by atoms with E-state index in [1.165, 1.54) is 0 Å². The van der Waals surface area contributed by atoms with Crippen LogP contribution in [-0.4, -0.2) is 30.7 Å². The van der Waals surface area contributed by atoms with E-state index in [1.807, 2.05) is 49.4 Å². The van der Waals surface area contributed by atoms with E-state index in [9.17, 15) is 0 Å². The molecule has 0 spiro atoms. The number of guanidine groups is 1. The lowest BCUT2D eigenvalue weighted by Crippen LogP contribution is -2.32. The predicted molar refractivity (Wildman–Crippen MR) is 99.5 cm³/mol. The van der Waals surface area contributed by atoms with Crippen molar-refractivity contribution in [3.05, 3.63) is 59.8 Å². The maximum absolute atomic E-state index is 5.86. The van der Waals surface area contributed by atoms with E-state index < -0.39 is 0 Å². The van der Waals surface area contributed by atoms with E-state index in [-0.39, 0.29) is 0 Å². The lowest BCUT2D eigenvalue weighted by Gasteiger charge is -2.07. The van der Waals surface area contributed by atoms with Gasteiger partial charge in [0, 0.05) is 32.0 Å². The van der Waals surface area contributed by atoms with Gasteiger partial charge in [0.2, 0.25) is 5.88 Å². The second-order valence-corrected chi connectivity index (χ2v) is 5.46. The van der Waals surface area contributed by atoms with Crippen LogP contribution in [0.15, 0.2) is 53.7 Å². The second-order valence-electron chi connectivity index (χ2n) is 5.46. The Labute approximate surface area is 149 Å². The molecule has 0 amide bonds. The molecular formula is C19H26N4O2. The molecule has 2 rings (SSSR count). The second kappa shape index (κ2) is 11.0. The fraction of sp³-hybridized carbons (Fsp3) is 0.368. The molecule has 0 radical (unpaired) electrons. The average Bonchev–Trinajstić information content (AvgIpc) is 2.66.